The summed E-state index contributed by atoms with van der Waals surface area (Å²) in [5.41, 5.74) is 3.43. The summed E-state index contributed by atoms with van der Waals surface area (Å²) in [5, 5.41) is 8.34. The summed E-state index contributed by atoms with van der Waals surface area (Å²) in [7, 11) is 3.71. The first-order chi connectivity index (χ1) is 14.5. The van der Waals surface area contributed by atoms with Gasteiger partial charge in [0.15, 0.2) is 17.3 Å². The molecular formula is C23H34N5O2S+. The molecule has 0 fully saturated rings. The lowest BCUT2D eigenvalue weighted by Crippen LogP contribution is -2.20. The Morgan fingerprint density at radius 3 is 2.45 bits per heavy atom. The van der Waals surface area contributed by atoms with E-state index in [4.69, 9.17) is 14.9 Å². The van der Waals surface area contributed by atoms with Gasteiger partial charge in [-0.15, -0.1) is 4.99 Å². The van der Waals surface area contributed by atoms with E-state index in [1.165, 1.54) is 5.56 Å². The fourth-order valence-corrected chi connectivity index (χ4v) is 3.03. The van der Waals surface area contributed by atoms with Crippen molar-refractivity contribution in [2.24, 2.45) is 4.99 Å². The summed E-state index contributed by atoms with van der Waals surface area (Å²) in [6.07, 6.45) is 4.16. The number of rotatable bonds is 7. The van der Waals surface area contributed by atoms with Gasteiger partial charge < -0.3 is 14.4 Å². The Bertz CT molecular complexity index is 936. The molecule has 0 amide bonds. The van der Waals surface area contributed by atoms with Gasteiger partial charge in [0.05, 0.1) is 31.6 Å². The first kappa shape index (κ1) is 24.8. The molecule has 1 aromatic heterocycles. The van der Waals surface area contributed by atoms with E-state index < -0.39 is 0 Å². The summed E-state index contributed by atoms with van der Waals surface area (Å²) < 4.78 is 11.3. The maximum Gasteiger partial charge on any atom is 0.414 e. The van der Waals surface area contributed by atoms with Crippen molar-refractivity contribution in [3.8, 4) is 11.5 Å². The summed E-state index contributed by atoms with van der Waals surface area (Å²) in [6, 6.07) is 3.92. The maximum atomic E-state index is 8.20. The van der Waals surface area contributed by atoms with E-state index in [-0.39, 0.29) is 16.5 Å². The van der Waals surface area contributed by atoms with E-state index in [2.05, 4.69) is 67.2 Å². The number of hydrogen-bond donors (Lipinski definition) is 1. The van der Waals surface area contributed by atoms with E-state index in [1.807, 2.05) is 19.1 Å². The van der Waals surface area contributed by atoms with Gasteiger partial charge in [0, 0.05) is 18.2 Å². The van der Waals surface area contributed by atoms with Crippen LogP contribution in [0.5, 0.6) is 11.5 Å². The average Bonchev–Trinajstić information content (AvgIpc) is 2.72. The topological polar surface area (TPSA) is 83.7 Å². The van der Waals surface area contributed by atoms with Gasteiger partial charge in [-0.2, -0.15) is 0 Å². The molecule has 1 heterocycles. The highest BCUT2D eigenvalue weighted by molar-refractivity contribution is 7.77. The molecule has 0 aliphatic rings. The zero-order valence-corrected chi connectivity index (χ0v) is 20.5. The number of ether oxygens (including phenoxy) is 2. The fourth-order valence-electron chi connectivity index (χ4n) is 2.81. The summed E-state index contributed by atoms with van der Waals surface area (Å²) in [6.45, 7) is 12.4. The number of amidine groups is 1. The van der Waals surface area contributed by atoms with Gasteiger partial charge in [-0.1, -0.05) is 27.7 Å². The van der Waals surface area contributed by atoms with Gasteiger partial charge in [-0.05, 0) is 50.2 Å². The van der Waals surface area contributed by atoms with Crippen molar-refractivity contribution in [1.82, 2.24) is 14.9 Å². The minimum atomic E-state index is -0.104. The van der Waals surface area contributed by atoms with Crippen LogP contribution in [0.25, 0.3) is 0 Å². The van der Waals surface area contributed by atoms with Crippen molar-refractivity contribution in [1.29, 1.82) is 5.41 Å². The largest absolute Gasteiger partial charge is 0.493 e. The third kappa shape index (κ3) is 7.04. The van der Waals surface area contributed by atoms with Crippen molar-refractivity contribution >= 4 is 23.7 Å². The molecule has 0 spiro atoms. The molecule has 31 heavy (non-hydrogen) atoms. The Labute approximate surface area is 190 Å². The number of hydrogen-bond acceptors (Lipinski definition) is 6. The smallest absolute Gasteiger partial charge is 0.414 e. The molecule has 0 saturated heterocycles. The molecule has 0 aliphatic carbocycles. The number of methoxy groups -OCH3 is 1. The lowest BCUT2D eigenvalue weighted by Gasteiger charge is -2.17. The molecule has 0 saturated carbocycles. The molecule has 2 rings (SSSR count). The van der Waals surface area contributed by atoms with Crippen molar-refractivity contribution in [3.05, 3.63) is 47.0 Å². The van der Waals surface area contributed by atoms with E-state index in [0.29, 0.717) is 17.2 Å². The van der Waals surface area contributed by atoms with Crippen LogP contribution in [0.3, 0.4) is 0 Å². The fraction of sp³-hybridized carbons (Fsp3) is 0.478. The number of nitrogens with zero attached hydrogens (tertiary/aromatic N) is 4. The zero-order valence-electron chi connectivity index (χ0n) is 19.5. The Kier molecular flexibility index (Phi) is 8.59. The highest BCUT2D eigenvalue weighted by Gasteiger charge is 2.18. The lowest BCUT2D eigenvalue weighted by atomic mass is 9.93. The van der Waals surface area contributed by atoms with Crippen LogP contribution in [0, 0.1) is 12.3 Å². The van der Waals surface area contributed by atoms with Gasteiger partial charge in [0.25, 0.3) is 0 Å². The van der Waals surface area contributed by atoms with E-state index >= 15 is 0 Å². The minimum Gasteiger partial charge on any atom is -0.493 e. The van der Waals surface area contributed by atoms with E-state index in [0.717, 1.165) is 30.8 Å². The standard InChI is InChI=1S/C23H33N5O2S/c1-8-28(6)10-9-16-12-18(29-7)19(11-15(16)2)30-22(31)27-21(24)17-13-26-20(14-25-17)23(3,4)5/h11-14H,8-10H2,1-7H3,(H2,24,27,31)/p+1. The zero-order chi connectivity index (χ0) is 23.2. The molecular weight excluding hydrogens is 410 g/mol. The summed E-state index contributed by atoms with van der Waals surface area (Å²) >= 11 is 3.36. The molecule has 2 aromatic rings. The lowest BCUT2D eigenvalue weighted by molar-refractivity contribution is 0.356. The highest BCUT2D eigenvalue weighted by Crippen LogP contribution is 2.31. The van der Waals surface area contributed by atoms with Crippen LogP contribution in [0.15, 0.2) is 29.5 Å². The molecule has 0 aliphatic heterocycles. The van der Waals surface area contributed by atoms with Crippen LogP contribution >= 0.6 is 0 Å². The third-order valence-corrected chi connectivity index (χ3v) is 5.22. The number of likely N-dealkylation sites (N-methyl/N-ethyl adjacent to an activating group) is 1. The number of benzene rings is 1. The second-order valence-corrected chi connectivity index (χ2v) is 8.91. The molecule has 0 unspecified atom stereocenters. The molecule has 0 atom stereocenters. The van der Waals surface area contributed by atoms with Crippen LogP contribution < -0.4 is 9.47 Å². The normalized spacial score (nSPS) is 12.2. The van der Waals surface area contributed by atoms with E-state index in [1.54, 1.807) is 19.5 Å². The Morgan fingerprint density at radius 2 is 1.90 bits per heavy atom. The number of aliphatic imine (C=N–C) groups is 1. The summed E-state index contributed by atoms with van der Waals surface area (Å²) in [4.78, 5) is 15.1. The van der Waals surface area contributed by atoms with Gasteiger partial charge in [-0.3, -0.25) is 10.4 Å². The van der Waals surface area contributed by atoms with Gasteiger partial charge in [0.2, 0.25) is 0 Å². The van der Waals surface area contributed by atoms with Crippen LogP contribution in [0.2, 0.25) is 0 Å². The van der Waals surface area contributed by atoms with Crippen LogP contribution in [-0.2, 0) is 24.5 Å². The van der Waals surface area contributed by atoms with Crippen molar-refractivity contribution < 1.29 is 9.47 Å². The number of aryl methyl sites for hydroxylation is 1. The molecule has 8 heteroatoms. The number of nitrogens with one attached hydrogen (secondary N) is 1. The van der Waals surface area contributed by atoms with Gasteiger partial charge in [-0.25, -0.2) is 4.98 Å². The van der Waals surface area contributed by atoms with Crippen LogP contribution in [0.4, 0.5) is 0 Å². The number of aromatic nitrogens is 2. The van der Waals surface area contributed by atoms with E-state index in [9.17, 15) is 0 Å². The van der Waals surface area contributed by atoms with Crippen LogP contribution in [-0.4, -0.2) is 53.2 Å². The third-order valence-electron chi connectivity index (χ3n) is 5.01. The predicted octanol–water partition coefficient (Wildman–Crippen LogP) is 3.36. The quantitative estimate of drug-likeness (QED) is 0.402. The van der Waals surface area contributed by atoms with Gasteiger partial charge >= 0.3 is 5.23 Å². The molecule has 0 radical (unpaired) electrons. The molecule has 1 aromatic carbocycles. The molecule has 1 N–H and O–H groups in total. The molecule has 7 nitrogen and oxygen atoms in total. The second-order valence-electron chi connectivity index (χ2n) is 8.48. The average molecular weight is 445 g/mol. The minimum absolute atomic E-state index is 0.0483. The van der Waals surface area contributed by atoms with Crippen molar-refractivity contribution in [2.75, 3.05) is 27.2 Å². The summed E-state index contributed by atoms with van der Waals surface area (Å²) in [5.74, 6) is 1.10. The SMILES string of the molecule is CCN(C)CCc1cc(OC)c(OC([SH2+])=NC(=N)c2cnc(C(C)(C)C)cn2)cc1C. The highest BCUT2D eigenvalue weighted by atomic mass is 32.1. The maximum absolute atomic E-state index is 8.20. The first-order valence-electron chi connectivity index (χ1n) is 10.3. The molecule has 0 bridgehead atoms. The predicted molar refractivity (Wildman–Crippen MR) is 130 cm³/mol. The van der Waals surface area contributed by atoms with Crippen LogP contribution in [0.1, 0.15) is 50.2 Å². The van der Waals surface area contributed by atoms with Crippen molar-refractivity contribution in [2.45, 2.75) is 46.5 Å². The van der Waals surface area contributed by atoms with Gasteiger partial charge in [0.1, 0.15) is 5.69 Å². The Hall–Kier alpha value is -2.45. The monoisotopic (exact) mass is 444 g/mol. The Morgan fingerprint density at radius 1 is 1.19 bits per heavy atom. The molecule has 168 valence electrons. The van der Waals surface area contributed by atoms with Crippen molar-refractivity contribution in [3.63, 3.8) is 0 Å². The second kappa shape index (κ2) is 10.7. The first-order valence-corrected chi connectivity index (χ1v) is 10.8. The Balaban J connectivity index is 2.16.